The topological polar surface area (TPSA) is 76.6 Å². The van der Waals surface area contributed by atoms with Crippen molar-refractivity contribution < 1.29 is 9.90 Å². The Morgan fingerprint density at radius 2 is 2.21 bits per heavy atom. The van der Waals surface area contributed by atoms with Gasteiger partial charge in [-0.2, -0.15) is 9.61 Å². The zero-order chi connectivity index (χ0) is 13.6. The predicted molar refractivity (Wildman–Crippen MR) is 68.7 cm³/mol. The van der Waals surface area contributed by atoms with Gasteiger partial charge in [-0.1, -0.05) is 6.92 Å². The monoisotopic (exact) mass is 261 g/mol. The van der Waals surface area contributed by atoms with Crippen molar-refractivity contribution in [2.24, 2.45) is 0 Å². The summed E-state index contributed by atoms with van der Waals surface area (Å²) in [5.41, 5.74) is 1.12. The number of fused-ring (bicyclic) bond motifs is 1. The van der Waals surface area contributed by atoms with Gasteiger partial charge < -0.3 is 9.67 Å². The van der Waals surface area contributed by atoms with E-state index in [1.54, 1.807) is 4.57 Å². The standard InChI is InChI=1S/C13H15N3O3/c1-2-5-15-10(13(18)19)7-12(17)16-11(15)6-9(14-16)8-3-4-8/h6-8H,2-5H2,1H3,(H,18,19). The molecule has 0 radical (unpaired) electrons. The number of nitrogens with zero attached hydrogens (tertiary/aromatic N) is 3. The van der Waals surface area contributed by atoms with Crippen LogP contribution in [-0.4, -0.2) is 25.3 Å². The Kier molecular flexibility index (Phi) is 2.66. The number of aromatic nitrogens is 3. The van der Waals surface area contributed by atoms with Gasteiger partial charge in [0, 0.05) is 24.6 Å². The molecule has 0 amide bonds. The minimum absolute atomic E-state index is 0.0293. The fourth-order valence-corrected chi connectivity index (χ4v) is 2.34. The zero-order valence-corrected chi connectivity index (χ0v) is 10.7. The van der Waals surface area contributed by atoms with Crippen LogP contribution >= 0.6 is 0 Å². The van der Waals surface area contributed by atoms with E-state index in [4.69, 9.17) is 0 Å². The van der Waals surface area contributed by atoms with Gasteiger partial charge >= 0.3 is 5.97 Å². The molecular formula is C13H15N3O3. The zero-order valence-electron chi connectivity index (χ0n) is 10.7. The summed E-state index contributed by atoms with van der Waals surface area (Å²) in [5.74, 6) is -0.648. The maximum Gasteiger partial charge on any atom is 0.352 e. The summed E-state index contributed by atoms with van der Waals surface area (Å²) in [6.45, 7) is 2.53. The summed E-state index contributed by atoms with van der Waals surface area (Å²) >= 11 is 0. The van der Waals surface area contributed by atoms with E-state index in [-0.39, 0.29) is 11.3 Å². The molecule has 2 heterocycles. The lowest BCUT2D eigenvalue weighted by atomic mass is 10.3. The molecule has 6 heteroatoms. The van der Waals surface area contributed by atoms with Gasteiger partial charge in [0.15, 0.2) is 0 Å². The van der Waals surface area contributed by atoms with Crippen molar-refractivity contribution in [1.82, 2.24) is 14.2 Å². The number of hydrogen-bond donors (Lipinski definition) is 1. The molecular weight excluding hydrogens is 246 g/mol. The van der Waals surface area contributed by atoms with Crippen molar-refractivity contribution in [2.75, 3.05) is 0 Å². The third-order valence-electron chi connectivity index (χ3n) is 3.41. The Labute approximate surface area is 109 Å². The molecule has 0 saturated heterocycles. The van der Waals surface area contributed by atoms with Crippen LogP contribution in [0.15, 0.2) is 16.9 Å². The fourth-order valence-electron chi connectivity index (χ4n) is 2.34. The Morgan fingerprint density at radius 3 is 2.79 bits per heavy atom. The summed E-state index contributed by atoms with van der Waals surface area (Å²) < 4.78 is 2.97. The number of aryl methyl sites for hydroxylation is 1. The Balaban J connectivity index is 2.29. The molecule has 1 fully saturated rings. The van der Waals surface area contributed by atoms with E-state index in [0.717, 1.165) is 31.0 Å². The molecule has 1 saturated carbocycles. The minimum Gasteiger partial charge on any atom is -0.477 e. The van der Waals surface area contributed by atoms with Gasteiger partial charge in [-0.25, -0.2) is 4.79 Å². The van der Waals surface area contributed by atoms with Gasteiger partial charge in [-0.3, -0.25) is 4.79 Å². The number of carbonyl (C=O) groups is 1. The van der Waals surface area contributed by atoms with Gasteiger partial charge in [-0.15, -0.1) is 0 Å². The fraction of sp³-hybridized carbons (Fsp3) is 0.462. The number of aromatic carboxylic acids is 1. The van der Waals surface area contributed by atoms with Crippen LogP contribution in [0.3, 0.4) is 0 Å². The van der Waals surface area contributed by atoms with E-state index in [9.17, 15) is 14.7 Å². The van der Waals surface area contributed by atoms with E-state index < -0.39 is 5.97 Å². The molecule has 0 aliphatic heterocycles. The highest BCUT2D eigenvalue weighted by Crippen LogP contribution is 2.39. The number of carboxylic acids is 1. The lowest BCUT2D eigenvalue weighted by Crippen LogP contribution is -2.23. The Bertz CT molecular complexity index is 710. The third-order valence-corrected chi connectivity index (χ3v) is 3.41. The predicted octanol–water partition coefficient (Wildman–Crippen LogP) is 1.48. The average Bonchev–Trinajstić information content (AvgIpc) is 3.11. The van der Waals surface area contributed by atoms with E-state index >= 15 is 0 Å². The van der Waals surface area contributed by atoms with Crippen LogP contribution in [0.25, 0.3) is 5.65 Å². The van der Waals surface area contributed by atoms with Crippen LogP contribution < -0.4 is 5.56 Å². The molecule has 0 unspecified atom stereocenters. The van der Waals surface area contributed by atoms with Gasteiger partial charge in [0.1, 0.15) is 11.3 Å². The lowest BCUT2D eigenvalue weighted by Gasteiger charge is -2.10. The molecule has 0 atom stereocenters. The van der Waals surface area contributed by atoms with Crippen LogP contribution in [0.5, 0.6) is 0 Å². The van der Waals surface area contributed by atoms with Crippen molar-refractivity contribution in [3.8, 4) is 0 Å². The van der Waals surface area contributed by atoms with E-state index in [1.165, 1.54) is 4.52 Å². The van der Waals surface area contributed by atoms with Gasteiger partial charge in [-0.05, 0) is 19.3 Å². The molecule has 2 aromatic rings. The van der Waals surface area contributed by atoms with E-state index in [1.807, 2.05) is 13.0 Å². The van der Waals surface area contributed by atoms with E-state index in [2.05, 4.69) is 5.10 Å². The van der Waals surface area contributed by atoms with Crippen LogP contribution in [0.2, 0.25) is 0 Å². The van der Waals surface area contributed by atoms with Crippen molar-refractivity contribution in [3.63, 3.8) is 0 Å². The molecule has 6 nitrogen and oxygen atoms in total. The van der Waals surface area contributed by atoms with Crippen LogP contribution in [0.4, 0.5) is 0 Å². The summed E-state index contributed by atoms with van der Waals surface area (Å²) in [7, 11) is 0. The van der Waals surface area contributed by atoms with Crippen LogP contribution in [0.1, 0.15) is 48.3 Å². The first-order valence-corrected chi connectivity index (χ1v) is 6.48. The number of rotatable bonds is 4. The molecule has 19 heavy (non-hydrogen) atoms. The second-order valence-electron chi connectivity index (χ2n) is 4.94. The minimum atomic E-state index is -1.08. The van der Waals surface area contributed by atoms with Crippen LogP contribution in [0, 0.1) is 0 Å². The van der Waals surface area contributed by atoms with Gasteiger partial charge in [0.2, 0.25) is 0 Å². The van der Waals surface area contributed by atoms with Crippen molar-refractivity contribution in [1.29, 1.82) is 0 Å². The van der Waals surface area contributed by atoms with Crippen LogP contribution in [-0.2, 0) is 6.54 Å². The highest BCUT2D eigenvalue weighted by Gasteiger charge is 2.27. The Hall–Kier alpha value is -2.11. The summed E-state index contributed by atoms with van der Waals surface area (Å²) in [4.78, 5) is 23.2. The van der Waals surface area contributed by atoms with Crippen molar-refractivity contribution in [3.05, 3.63) is 33.9 Å². The summed E-state index contributed by atoms with van der Waals surface area (Å²) in [6, 6.07) is 3.00. The van der Waals surface area contributed by atoms with Gasteiger partial charge in [0.25, 0.3) is 5.56 Å². The quantitative estimate of drug-likeness (QED) is 0.904. The molecule has 0 spiro atoms. The van der Waals surface area contributed by atoms with Crippen molar-refractivity contribution >= 4 is 11.6 Å². The highest BCUT2D eigenvalue weighted by atomic mass is 16.4. The first-order valence-electron chi connectivity index (χ1n) is 6.48. The SMILES string of the molecule is CCCn1c(C(=O)O)cc(=O)n2nc(C3CC3)cc12. The highest BCUT2D eigenvalue weighted by molar-refractivity contribution is 5.86. The second-order valence-corrected chi connectivity index (χ2v) is 4.94. The van der Waals surface area contributed by atoms with Crippen molar-refractivity contribution in [2.45, 2.75) is 38.6 Å². The molecule has 0 aromatic carbocycles. The molecule has 3 rings (SSSR count). The average molecular weight is 261 g/mol. The molecule has 0 bridgehead atoms. The Morgan fingerprint density at radius 1 is 1.47 bits per heavy atom. The van der Waals surface area contributed by atoms with Gasteiger partial charge in [0.05, 0.1) is 5.69 Å². The maximum absolute atomic E-state index is 11.9. The summed E-state index contributed by atoms with van der Waals surface area (Å²) in [5, 5.41) is 13.5. The lowest BCUT2D eigenvalue weighted by molar-refractivity contribution is 0.0684. The van der Waals surface area contributed by atoms with E-state index in [0.29, 0.717) is 18.1 Å². The third kappa shape index (κ3) is 1.93. The molecule has 1 aliphatic rings. The first-order chi connectivity index (χ1) is 9.11. The first kappa shape index (κ1) is 12.0. The molecule has 2 aromatic heterocycles. The summed E-state index contributed by atoms with van der Waals surface area (Å²) in [6.07, 6.45) is 2.98. The normalized spacial score (nSPS) is 15.0. The smallest absolute Gasteiger partial charge is 0.352 e. The molecule has 100 valence electrons. The number of hydrogen-bond acceptors (Lipinski definition) is 3. The maximum atomic E-state index is 11.9. The second kappa shape index (κ2) is 4.22. The number of carboxylic acid groups (broad SMARTS) is 1. The molecule has 1 N–H and O–H groups in total. The molecule has 1 aliphatic carbocycles. The largest absolute Gasteiger partial charge is 0.477 e.